The van der Waals surface area contributed by atoms with Crippen molar-refractivity contribution in [3.8, 4) is 0 Å². The standard InChI is InChI=1S/C11H17/c1-5-7-11(6-2)9-8-10(3)4/h5-6H,1-3,7-9H2,4H3. The molecule has 11 heavy (non-hydrogen) atoms. The Balaban J connectivity index is 3.59. The van der Waals surface area contributed by atoms with Crippen molar-refractivity contribution in [1.82, 2.24) is 0 Å². The van der Waals surface area contributed by atoms with E-state index in [0.29, 0.717) is 0 Å². The van der Waals surface area contributed by atoms with Crippen LogP contribution in [0, 0.1) is 5.92 Å². The molecule has 0 fully saturated rings. The average Bonchev–Trinajstić information content (AvgIpc) is 1.97. The van der Waals surface area contributed by atoms with Crippen LogP contribution in [0.2, 0.25) is 0 Å². The number of hydrogen-bond acceptors (Lipinski definition) is 0. The zero-order valence-corrected chi connectivity index (χ0v) is 7.40. The summed E-state index contributed by atoms with van der Waals surface area (Å²) >= 11 is 0. The van der Waals surface area contributed by atoms with Crippen molar-refractivity contribution in [3.05, 3.63) is 43.4 Å². The first-order valence-electron chi connectivity index (χ1n) is 3.93. The molecule has 0 aliphatic heterocycles. The third-order valence-electron chi connectivity index (χ3n) is 1.57. The first-order chi connectivity index (χ1) is 5.20. The van der Waals surface area contributed by atoms with Crippen molar-refractivity contribution < 1.29 is 0 Å². The second-order valence-corrected chi connectivity index (χ2v) is 2.81. The second kappa shape index (κ2) is 5.96. The molecule has 0 bridgehead atoms. The molecule has 0 aromatic rings. The van der Waals surface area contributed by atoms with Crippen LogP contribution in [0.25, 0.3) is 0 Å². The molecule has 0 spiro atoms. The van der Waals surface area contributed by atoms with Gasteiger partial charge in [0.05, 0.1) is 0 Å². The zero-order chi connectivity index (χ0) is 8.69. The topological polar surface area (TPSA) is 0 Å². The molecule has 0 aromatic carbocycles. The van der Waals surface area contributed by atoms with Gasteiger partial charge in [0.25, 0.3) is 0 Å². The maximum Gasteiger partial charge on any atom is 0.00103 e. The smallest absolute Gasteiger partial charge is 0.00103 e. The molecule has 0 aliphatic carbocycles. The molecule has 0 aromatic heterocycles. The van der Waals surface area contributed by atoms with Crippen LogP contribution in [-0.2, 0) is 0 Å². The minimum atomic E-state index is 0.955. The Morgan fingerprint density at radius 1 is 1.27 bits per heavy atom. The third-order valence-corrected chi connectivity index (χ3v) is 1.57. The molecule has 0 heteroatoms. The molecule has 0 heterocycles. The van der Waals surface area contributed by atoms with Gasteiger partial charge in [-0.05, 0) is 26.2 Å². The Morgan fingerprint density at radius 3 is 2.27 bits per heavy atom. The van der Waals surface area contributed by atoms with E-state index in [0.717, 1.165) is 19.3 Å². The number of rotatable bonds is 6. The van der Waals surface area contributed by atoms with Gasteiger partial charge < -0.3 is 0 Å². The monoisotopic (exact) mass is 149 g/mol. The first-order valence-corrected chi connectivity index (χ1v) is 3.93. The molecule has 61 valence electrons. The van der Waals surface area contributed by atoms with Crippen molar-refractivity contribution in [2.75, 3.05) is 0 Å². The lowest BCUT2D eigenvalue weighted by Crippen LogP contribution is -1.91. The van der Waals surface area contributed by atoms with Gasteiger partial charge in [0.15, 0.2) is 0 Å². The predicted octanol–water partition coefficient (Wildman–Crippen LogP) is 3.68. The molecular weight excluding hydrogens is 132 g/mol. The SMILES string of the molecule is C=CC[C](C=C)CCC(=C)C. The lowest BCUT2D eigenvalue weighted by atomic mass is 9.98. The molecule has 1 radical (unpaired) electrons. The van der Waals surface area contributed by atoms with Gasteiger partial charge in [-0.1, -0.05) is 17.7 Å². The normalized spacial score (nSPS) is 9.64. The van der Waals surface area contributed by atoms with E-state index in [1.54, 1.807) is 0 Å². The summed E-state index contributed by atoms with van der Waals surface area (Å²) in [5, 5.41) is 0. The number of hydrogen-bond donors (Lipinski definition) is 0. The fourth-order valence-corrected chi connectivity index (χ4v) is 0.847. The summed E-state index contributed by atoms with van der Waals surface area (Å²) in [6.45, 7) is 13.3. The van der Waals surface area contributed by atoms with Crippen LogP contribution in [0.5, 0.6) is 0 Å². The highest BCUT2D eigenvalue weighted by atomic mass is 14.1. The van der Waals surface area contributed by atoms with Crippen LogP contribution in [-0.4, -0.2) is 0 Å². The highest BCUT2D eigenvalue weighted by Crippen LogP contribution is 2.17. The Bertz CT molecular complexity index is 142. The fourth-order valence-electron chi connectivity index (χ4n) is 0.847. The summed E-state index contributed by atoms with van der Waals surface area (Å²) in [6, 6.07) is 0. The molecule has 0 atom stereocenters. The summed E-state index contributed by atoms with van der Waals surface area (Å²) in [4.78, 5) is 0. The zero-order valence-electron chi connectivity index (χ0n) is 7.40. The van der Waals surface area contributed by atoms with Gasteiger partial charge in [-0.2, -0.15) is 0 Å². The van der Waals surface area contributed by atoms with Crippen molar-refractivity contribution in [2.45, 2.75) is 26.2 Å². The predicted molar refractivity (Wildman–Crippen MR) is 52.3 cm³/mol. The molecule has 0 saturated heterocycles. The quantitative estimate of drug-likeness (QED) is 0.505. The van der Waals surface area contributed by atoms with Gasteiger partial charge >= 0.3 is 0 Å². The summed E-state index contributed by atoms with van der Waals surface area (Å²) in [6.07, 6.45) is 6.93. The second-order valence-electron chi connectivity index (χ2n) is 2.81. The van der Waals surface area contributed by atoms with Crippen molar-refractivity contribution in [2.24, 2.45) is 0 Å². The minimum Gasteiger partial charge on any atom is -0.103 e. The third kappa shape index (κ3) is 5.65. The largest absolute Gasteiger partial charge is 0.103 e. The molecular formula is C11H17. The molecule has 0 unspecified atom stereocenters. The van der Waals surface area contributed by atoms with Gasteiger partial charge in [-0.25, -0.2) is 0 Å². The molecule has 0 amide bonds. The molecule has 0 N–H and O–H groups in total. The average molecular weight is 149 g/mol. The summed E-state index contributed by atoms with van der Waals surface area (Å²) in [5.74, 6) is 1.35. The lowest BCUT2D eigenvalue weighted by molar-refractivity contribution is 0.827. The maximum absolute atomic E-state index is 3.85. The van der Waals surface area contributed by atoms with E-state index in [4.69, 9.17) is 0 Å². The number of allylic oxidation sites excluding steroid dienone is 3. The molecule has 0 nitrogen and oxygen atoms in total. The van der Waals surface area contributed by atoms with E-state index in [-0.39, 0.29) is 0 Å². The van der Waals surface area contributed by atoms with Gasteiger partial charge in [0, 0.05) is 5.92 Å². The van der Waals surface area contributed by atoms with E-state index in [1.165, 1.54) is 11.5 Å². The van der Waals surface area contributed by atoms with Crippen molar-refractivity contribution in [1.29, 1.82) is 0 Å². The van der Waals surface area contributed by atoms with Gasteiger partial charge in [-0.3, -0.25) is 0 Å². The van der Waals surface area contributed by atoms with Gasteiger partial charge in [-0.15, -0.1) is 19.7 Å². The molecule has 0 saturated carbocycles. The van der Waals surface area contributed by atoms with E-state index >= 15 is 0 Å². The lowest BCUT2D eigenvalue weighted by Gasteiger charge is -2.07. The Morgan fingerprint density at radius 2 is 1.91 bits per heavy atom. The van der Waals surface area contributed by atoms with Crippen LogP contribution in [0.3, 0.4) is 0 Å². The van der Waals surface area contributed by atoms with Crippen LogP contribution >= 0.6 is 0 Å². The van der Waals surface area contributed by atoms with Gasteiger partial charge in [0.2, 0.25) is 0 Å². The molecule has 0 aliphatic rings. The van der Waals surface area contributed by atoms with Crippen LogP contribution < -0.4 is 0 Å². The van der Waals surface area contributed by atoms with Crippen molar-refractivity contribution >= 4 is 0 Å². The maximum atomic E-state index is 3.85. The van der Waals surface area contributed by atoms with E-state index in [9.17, 15) is 0 Å². The molecule has 0 rings (SSSR count). The summed E-state index contributed by atoms with van der Waals surface area (Å²) in [5.41, 5.74) is 1.23. The van der Waals surface area contributed by atoms with Crippen molar-refractivity contribution in [3.63, 3.8) is 0 Å². The Kier molecular flexibility index (Phi) is 5.54. The summed E-state index contributed by atoms with van der Waals surface area (Å²) < 4.78 is 0. The Labute approximate surface area is 70.3 Å². The van der Waals surface area contributed by atoms with Crippen LogP contribution in [0.1, 0.15) is 26.2 Å². The first kappa shape index (κ1) is 10.2. The van der Waals surface area contributed by atoms with E-state index in [1.807, 2.05) is 12.2 Å². The van der Waals surface area contributed by atoms with E-state index in [2.05, 4.69) is 26.7 Å². The fraction of sp³-hybridized carbons (Fsp3) is 0.364. The van der Waals surface area contributed by atoms with Crippen LogP contribution in [0.15, 0.2) is 37.5 Å². The van der Waals surface area contributed by atoms with E-state index < -0.39 is 0 Å². The van der Waals surface area contributed by atoms with Gasteiger partial charge in [0.1, 0.15) is 0 Å². The highest BCUT2D eigenvalue weighted by molar-refractivity contribution is 5.11. The minimum absolute atomic E-state index is 0.955. The highest BCUT2D eigenvalue weighted by Gasteiger charge is 2.01. The summed E-state index contributed by atoms with van der Waals surface area (Å²) in [7, 11) is 0. The Hall–Kier alpha value is -0.780. The van der Waals surface area contributed by atoms with Crippen LogP contribution in [0.4, 0.5) is 0 Å².